The lowest BCUT2D eigenvalue weighted by atomic mass is 10.1. The van der Waals surface area contributed by atoms with Crippen molar-refractivity contribution in [1.82, 2.24) is 14.5 Å². The van der Waals surface area contributed by atoms with Gasteiger partial charge in [-0.25, -0.2) is 13.8 Å². The first-order valence-corrected chi connectivity index (χ1v) is 11.8. The Morgan fingerprint density at radius 1 is 1.22 bits per heavy atom. The van der Waals surface area contributed by atoms with Gasteiger partial charge in [-0.15, -0.1) is 0 Å². The summed E-state index contributed by atoms with van der Waals surface area (Å²) in [6.45, 7) is 1.79. The number of alkyl halides is 2. The molecule has 0 unspecified atom stereocenters. The molecule has 3 aromatic rings. The maximum absolute atomic E-state index is 13.6. The average molecular weight is 522 g/mol. The number of hydrogen-bond donors (Lipinski definition) is 1. The first kappa shape index (κ1) is 25.6. The Labute approximate surface area is 211 Å². The highest BCUT2D eigenvalue weighted by molar-refractivity contribution is 6.32. The van der Waals surface area contributed by atoms with Crippen LogP contribution < -0.4 is 25.2 Å². The third kappa shape index (κ3) is 5.35. The Morgan fingerprint density at radius 3 is 2.61 bits per heavy atom. The number of fused-ring (bicyclic) bond motifs is 1. The van der Waals surface area contributed by atoms with Crippen LogP contribution in [-0.4, -0.2) is 53.0 Å². The minimum Gasteiger partial charge on any atom is -0.494 e. The Kier molecular flexibility index (Phi) is 7.30. The van der Waals surface area contributed by atoms with Gasteiger partial charge in [-0.1, -0.05) is 18.5 Å². The maximum Gasteiger partial charge on any atom is 0.293 e. The van der Waals surface area contributed by atoms with E-state index in [1.165, 1.54) is 17.9 Å². The van der Waals surface area contributed by atoms with Crippen molar-refractivity contribution in [2.45, 2.75) is 32.1 Å². The fourth-order valence-electron chi connectivity index (χ4n) is 3.93. The molecule has 1 N–H and O–H groups in total. The average Bonchev–Trinajstić information content (AvgIpc) is 2.86. The number of piperidine rings is 1. The van der Waals surface area contributed by atoms with Crippen molar-refractivity contribution >= 4 is 45.7 Å². The number of Topliss-reactive ketones (excluding diaryl/α,β-unsaturated/α-hetero) is 1. The first-order chi connectivity index (χ1) is 17.1. The summed E-state index contributed by atoms with van der Waals surface area (Å²) < 4.78 is 39.5. The van der Waals surface area contributed by atoms with E-state index in [-0.39, 0.29) is 54.9 Å². The third-order valence-corrected chi connectivity index (χ3v) is 6.29. The zero-order valence-corrected chi connectivity index (χ0v) is 20.9. The molecular weight excluding hydrogens is 496 g/mol. The second-order valence-corrected chi connectivity index (χ2v) is 8.91. The van der Waals surface area contributed by atoms with Crippen molar-refractivity contribution in [1.29, 1.82) is 0 Å². The summed E-state index contributed by atoms with van der Waals surface area (Å²) in [7, 11) is 3.07. The number of anilines is 3. The number of carbonyl (C=O) groups is 1. The molecule has 0 spiro atoms. The van der Waals surface area contributed by atoms with E-state index in [1.807, 2.05) is 0 Å². The topological polar surface area (TPSA) is 98.6 Å². The highest BCUT2D eigenvalue weighted by Crippen LogP contribution is 2.34. The SMILES string of the molecule is CCC(=O)COc1cc2cc(Nc3nc(N4CCC(F)(F)CC4)ncc3Cl)cc(OC)c2n(C)c1=O. The predicted molar refractivity (Wildman–Crippen MR) is 133 cm³/mol. The van der Waals surface area contributed by atoms with Crippen molar-refractivity contribution in [3.63, 3.8) is 0 Å². The molecule has 192 valence electrons. The van der Waals surface area contributed by atoms with Gasteiger partial charge >= 0.3 is 0 Å². The molecule has 3 heterocycles. The van der Waals surface area contributed by atoms with Crippen molar-refractivity contribution in [3.8, 4) is 11.5 Å². The molecule has 2 aromatic heterocycles. The summed E-state index contributed by atoms with van der Waals surface area (Å²) in [5.41, 5.74) is 0.678. The molecule has 0 atom stereocenters. The molecule has 36 heavy (non-hydrogen) atoms. The number of rotatable bonds is 8. The van der Waals surface area contributed by atoms with Crippen molar-refractivity contribution in [3.05, 3.63) is 39.8 Å². The third-order valence-electron chi connectivity index (χ3n) is 6.02. The van der Waals surface area contributed by atoms with Crippen molar-refractivity contribution in [2.24, 2.45) is 7.05 Å². The van der Waals surface area contributed by atoms with Crippen molar-refractivity contribution < 1.29 is 23.0 Å². The van der Waals surface area contributed by atoms with E-state index < -0.39 is 11.5 Å². The molecule has 4 rings (SSSR count). The lowest BCUT2D eigenvalue weighted by Gasteiger charge is -2.31. The van der Waals surface area contributed by atoms with E-state index in [9.17, 15) is 18.4 Å². The summed E-state index contributed by atoms with van der Waals surface area (Å²) in [5.74, 6) is -1.78. The number of hydrogen-bond acceptors (Lipinski definition) is 8. The fraction of sp³-hybridized carbons (Fsp3) is 0.417. The molecule has 0 amide bonds. The number of carbonyl (C=O) groups excluding carboxylic acids is 1. The number of benzene rings is 1. The molecule has 0 aliphatic carbocycles. The fourth-order valence-corrected chi connectivity index (χ4v) is 4.07. The number of pyridine rings is 1. The van der Waals surface area contributed by atoms with Crippen LogP contribution in [0.1, 0.15) is 26.2 Å². The van der Waals surface area contributed by atoms with Gasteiger partial charge in [0.05, 0.1) is 18.8 Å². The second kappa shape index (κ2) is 10.3. The van der Waals surface area contributed by atoms with Crippen LogP contribution in [0.15, 0.2) is 29.2 Å². The predicted octanol–water partition coefficient (Wildman–Crippen LogP) is 4.33. The normalized spacial score (nSPS) is 15.1. The standard InChI is InChI=1S/C24H26ClF2N5O4/c1-4-16(33)13-36-19-10-14-9-15(11-18(35-3)20(14)31(2)22(19)34)29-21-17(25)12-28-23(30-21)32-7-5-24(26,27)6-8-32/h9-12H,4-8,13H2,1-3H3,(H,28,29,30). The molecule has 0 radical (unpaired) electrons. The maximum atomic E-state index is 13.6. The van der Waals surface area contributed by atoms with Gasteiger partial charge in [0.15, 0.2) is 17.4 Å². The summed E-state index contributed by atoms with van der Waals surface area (Å²) in [5, 5.41) is 3.98. The molecule has 1 fully saturated rings. The second-order valence-electron chi connectivity index (χ2n) is 8.50. The number of ether oxygens (including phenoxy) is 2. The number of aryl methyl sites for hydroxylation is 1. The van der Waals surface area contributed by atoms with Crippen LogP contribution in [0.2, 0.25) is 5.02 Å². The van der Waals surface area contributed by atoms with Gasteiger partial charge in [-0.2, -0.15) is 4.98 Å². The van der Waals surface area contributed by atoms with Crippen LogP contribution in [-0.2, 0) is 11.8 Å². The quantitative estimate of drug-likeness (QED) is 0.468. The number of aromatic nitrogens is 3. The number of ketones is 1. The smallest absolute Gasteiger partial charge is 0.293 e. The summed E-state index contributed by atoms with van der Waals surface area (Å²) >= 11 is 6.32. The van der Waals surface area contributed by atoms with Crippen LogP contribution in [0.5, 0.6) is 11.5 Å². The minimum absolute atomic E-state index is 0.0373. The molecule has 1 saturated heterocycles. The molecule has 0 saturated carbocycles. The zero-order chi connectivity index (χ0) is 26.0. The van der Waals surface area contributed by atoms with E-state index in [0.29, 0.717) is 34.7 Å². The van der Waals surface area contributed by atoms with E-state index >= 15 is 0 Å². The van der Waals surface area contributed by atoms with Gasteiger partial charge < -0.3 is 24.3 Å². The number of nitrogens with zero attached hydrogens (tertiary/aromatic N) is 4. The molecule has 0 bridgehead atoms. The Hall–Kier alpha value is -3.47. The zero-order valence-electron chi connectivity index (χ0n) is 20.1. The van der Waals surface area contributed by atoms with E-state index in [1.54, 1.807) is 37.1 Å². The van der Waals surface area contributed by atoms with E-state index in [0.717, 1.165) is 0 Å². The molecule has 9 nitrogen and oxygen atoms in total. The Balaban J connectivity index is 1.68. The van der Waals surface area contributed by atoms with Crippen LogP contribution in [0.3, 0.4) is 0 Å². The van der Waals surface area contributed by atoms with Gasteiger partial charge in [-0.3, -0.25) is 9.59 Å². The van der Waals surface area contributed by atoms with Crippen LogP contribution in [0.25, 0.3) is 10.9 Å². The number of halogens is 3. The Bertz CT molecular complexity index is 1350. The molecule has 1 aromatic carbocycles. The van der Waals surface area contributed by atoms with Gasteiger partial charge in [0.1, 0.15) is 17.4 Å². The number of methoxy groups -OCH3 is 1. The first-order valence-electron chi connectivity index (χ1n) is 11.4. The molecular formula is C24H26ClF2N5O4. The van der Waals surface area contributed by atoms with Gasteiger partial charge in [0, 0.05) is 56.5 Å². The van der Waals surface area contributed by atoms with Gasteiger partial charge in [0.2, 0.25) is 5.95 Å². The summed E-state index contributed by atoms with van der Waals surface area (Å²) in [6.07, 6.45) is 1.18. The van der Waals surface area contributed by atoms with Crippen LogP contribution in [0.4, 0.5) is 26.2 Å². The lowest BCUT2D eigenvalue weighted by molar-refractivity contribution is -0.120. The largest absolute Gasteiger partial charge is 0.494 e. The minimum atomic E-state index is -2.68. The van der Waals surface area contributed by atoms with Crippen LogP contribution >= 0.6 is 11.6 Å². The highest BCUT2D eigenvalue weighted by Gasteiger charge is 2.35. The van der Waals surface area contributed by atoms with E-state index in [4.69, 9.17) is 21.1 Å². The summed E-state index contributed by atoms with van der Waals surface area (Å²) in [4.78, 5) is 34.8. The monoisotopic (exact) mass is 521 g/mol. The van der Waals surface area contributed by atoms with Crippen LogP contribution in [0, 0.1) is 0 Å². The van der Waals surface area contributed by atoms with Gasteiger partial charge in [-0.05, 0) is 12.1 Å². The number of nitrogens with one attached hydrogen (secondary N) is 1. The highest BCUT2D eigenvalue weighted by atomic mass is 35.5. The summed E-state index contributed by atoms with van der Waals surface area (Å²) in [6, 6.07) is 4.99. The lowest BCUT2D eigenvalue weighted by Crippen LogP contribution is -2.40. The van der Waals surface area contributed by atoms with Crippen molar-refractivity contribution in [2.75, 3.05) is 37.0 Å². The van der Waals surface area contributed by atoms with E-state index in [2.05, 4.69) is 15.3 Å². The molecule has 12 heteroatoms. The van der Waals surface area contributed by atoms with Gasteiger partial charge in [0.25, 0.3) is 11.5 Å². The molecule has 1 aliphatic rings. The molecule has 1 aliphatic heterocycles. The Morgan fingerprint density at radius 2 is 1.94 bits per heavy atom.